The van der Waals surface area contributed by atoms with Crippen LogP contribution in [0.1, 0.15) is 64.6 Å². The molecule has 0 aliphatic rings. The molecule has 3 unspecified atom stereocenters. The Balaban J connectivity index is 2.59. The van der Waals surface area contributed by atoms with E-state index in [1.165, 1.54) is 4.90 Å². The second kappa shape index (κ2) is 14.2. The van der Waals surface area contributed by atoms with Crippen molar-refractivity contribution in [2.75, 3.05) is 12.4 Å². The number of hydrogen-bond acceptors (Lipinski definition) is 6. The molecule has 0 radical (unpaired) electrons. The third-order valence-corrected chi connectivity index (χ3v) is 6.06. The highest BCUT2D eigenvalue weighted by Gasteiger charge is 2.39. The van der Waals surface area contributed by atoms with Crippen LogP contribution in [0.5, 0.6) is 5.75 Å². The lowest BCUT2D eigenvalue weighted by Gasteiger charge is -2.38. The number of benzene rings is 2. The lowest BCUT2D eigenvalue weighted by molar-refractivity contribution is -0.144. The molecule has 0 spiro atoms. The van der Waals surface area contributed by atoms with E-state index in [4.69, 9.17) is 15.2 Å². The number of rotatable bonds is 12. The number of carbonyl (C=O) groups excluding carboxylic acids is 4. The van der Waals surface area contributed by atoms with Gasteiger partial charge in [0.25, 0.3) is 5.91 Å². The van der Waals surface area contributed by atoms with Crippen LogP contribution in [0.3, 0.4) is 0 Å². The fourth-order valence-corrected chi connectivity index (χ4v) is 4.01. The maximum absolute atomic E-state index is 14.1. The molecule has 0 aliphatic carbocycles. The fraction of sp³-hybridized carbons (Fsp3) is 0.400. The van der Waals surface area contributed by atoms with E-state index in [9.17, 15) is 19.2 Å². The van der Waals surface area contributed by atoms with Gasteiger partial charge in [0, 0.05) is 11.7 Å². The summed E-state index contributed by atoms with van der Waals surface area (Å²) < 4.78 is 10.5. The van der Waals surface area contributed by atoms with Gasteiger partial charge in [-0.25, -0.2) is 4.79 Å². The number of hydrogen-bond donors (Lipinski definition) is 3. The van der Waals surface area contributed by atoms with Crippen molar-refractivity contribution in [1.29, 1.82) is 0 Å². The van der Waals surface area contributed by atoms with Crippen molar-refractivity contribution in [2.45, 2.75) is 71.2 Å². The quantitative estimate of drug-likeness (QED) is 0.356. The minimum atomic E-state index is -1.36. The summed E-state index contributed by atoms with van der Waals surface area (Å²) in [6, 6.07) is 10.9. The Bertz CT molecular complexity index is 1210. The van der Waals surface area contributed by atoms with Gasteiger partial charge in [-0.3, -0.25) is 14.4 Å². The van der Waals surface area contributed by atoms with Gasteiger partial charge in [0.1, 0.15) is 23.4 Å². The van der Waals surface area contributed by atoms with Crippen molar-refractivity contribution >= 4 is 35.6 Å². The topological polar surface area (TPSA) is 140 Å². The average Bonchev–Trinajstić information content (AvgIpc) is 2.89. The molecule has 0 saturated heterocycles. The van der Waals surface area contributed by atoms with E-state index in [0.717, 1.165) is 5.56 Å². The van der Waals surface area contributed by atoms with Gasteiger partial charge in [-0.1, -0.05) is 37.8 Å². The van der Waals surface area contributed by atoms with Crippen LogP contribution >= 0.6 is 0 Å². The number of nitrogens with zero attached hydrogens (tertiary/aromatic N) is 1. The number of nitrogens with two attached hydrogens (primary N) is 1. The summed E-state index contributed by atoms with van der Waals surface area (Å²) in [7, 11) is 1.54. The van der Waals surface area contributed by atoms with Gasteiger partial charge < -0.3 is 30.7 Å². The number of anilines is 1. The Hall–Kier alpha value is -4.34. The molecule has 2 rings (SSSR count). The number of ether oxygens (including phenoxy) is 2. The van der Waals surface area contributed by atoms with E-state index in [1.807, 2.05) is 13.0 Å². The Morgan fingerprint density at radius 1 is 1.10 bits per heavy atom. The average molecular weight is 553 g/mol. The van der Waals surface area contributed by atoms with Crippen LogP contribution in [-0.2, 0) is 19.1 Å². The first-order chi connectivity index (χ1) is 18.8. The third-order valence-electron chi connectivity index (χ3n) is 6.06. The van der Waals surface area contributed by atoms with E-state index in [-0.39, 0.29) is 0 Å². The molecule has 2 aromatic carbocycles. The second-order valence-electron chi connectivity index (χ2n) is 10.4. The third kappa shape index (κ3) is 9.14. The molecule has 0 bridgehead atoms. The standard InChI is InChI=1S/C30H40N4O6/c1-8-19(3)34(28(37)24(18-25(31)35)33-29(38)40-30(4,5)6)26(21-12-10-11-20(9-2)17-21)27(36)32-22-13-15-23(39-7)16-14-22/h9-17,19,24,26H,2,8,18H2,1,3-7H3,(H2,31,35)(H,32,36)(H,33,38). The molecule has 3 atom stereocenters. The van der Waals surface area contributed by atoms with E-state index in [1.54, 1.807) is 83.3 Å². The highest BCUT2D eigenvalue weighted by molar-refractivity contribution is 6.00. The largest absolute Gasteiger partial charge is 0.497 e. The second-order valence-corrected chi connectivity index (χ2v) is 10.4. The zero-order valence-electron chi connectivity index (χ0n) is 24.0. The SMILES string of the molecule is C=Cc1cccc(C(C(=O)Nc2ccc(OC)cc2)N(C(=O)C(CC(N)=O)NC(=O)OC(C)(C)C)C(C)CC)c1. The number of methoxy groups -OCH3 is 1. The zero-order valence-corrected chi connectivity index (χ0v) is 24.0. The van der Waals surface area contributed by atoms with Crippen LogP contribution in [0.2, 0.25) is 0 Å². The van der Waals surface area contributed by atoms with Gasteiger partial charge in [-0.05, 0) is 75.6 Å². The van der Waals surface area contributed by atoms with Crippen molar-refractivity contribution in [3.63, 3.8) is 0 Å². The van der Waals surface area contributed by atoms with Crippen molar-refractivity contribution in [3.8, 4) is 5.75 Å². The van der Waals surface area contributed by atoms with Gasteiger partial charge in [0.05, 0.1) is 13.5 Å². The maximum atomic E-state index is 14.1. The van der Waals surface area contributed by atoms with Crippen LogP contribution in [0, 0.1) is 0 Å². The van der Waals surface area contributed by atoms with Crippen LogP contribution in [0.15, 0.2) is 55.1 Å². The van der Waals surface area contributed by atoms with Crippen LogP contribution in [0.4, 0.5) is 10.5 Å². The Labute approximate surface area is 235 Å². The molecule has 216 valence electrons. The summed E-state index contributed by atoms with van der Waals surface area (Å²) in [5.41, 5.74) is 6.37. The summed E-state index contributed by atoms with van der Waals surface area (Å²) in [6.45, 7) is 12.5. The summed E-state index contributed by atoms with van der Waals surface area (Å²) in [6.07, 6.45) is 0.751. The molecule has 0 heterocycles. The van der Waals surface area contributed by atoms with E-state index >= 15 is 0 Å². The molecule has 0 aromatic heterocycles. The summed E-state index contributed by atoms with van der Waals surface area (Å²) >= 11 is 0. The molecular weight excluding hydrogens is 512 g/mol. The molecule has 0 saturated carbocycles. The highest BCUT2D eigenvalue weighted by Crippen LogP contribution is 2.29. The van der Waals surface area contributed by atoms with Gasteiger partial charge in [0.15, 0.2) is 0 Å². The first kappa shape index (κ1) is 31.9. The Morgan fingerprint density at radius 2 is 1.75 bits per heavy atom. The molecule has 10 nitrogen and oxygen atoms in total. The minimum absolute atomic E-state index is 0.470. The smallest absolute Gasteiger partial charge is 0.408 e. The monoisotopic (exact) mass is 552 g/mol. The van der Waals surface area contributed by atoms with Gasteiger partial charge in [-0.15, -0.1) is 0 Å². The number of amides is 4. The predicted octanol–water partition coefficient (Wildman–Crippen LogP) is 4.41. The normalized spacial score (nSPS) is 13.2. The molecular formula is C30H40N4O6. The van der Waals surface area contributed by atoms with Gasteiger partial charge in [0.2, 0.25) is 11.8 Å². The van der Waals surface area contributed by atoms with E-state index in [2.05, 4.69) is 17.2 Å². The van der Waals surface area contributed by atoms with Crippen molar-refractivity contribution in [2.24, 2.45) is 5.73 Å². The molecule has 40 heavy (non-hydrogen) atoms. The first-order valence-electron chi connectivity index (χ1n) is 13.1. The van der Waals surface area contributed by atoms with Gasteiger partial charge in [-0.2, -0.15) is 0 Å². The maximum Gasteiger partial charge on any atom is 0.408 e. The zero-order chi connectivity index (χ0) is 30.0. The fourth-order valence-electron chi connectivity index (χ4n) is 4.01. The number of alkyl carbamates (subject to hydrolysis) is 1. The van der Waals surface area contributed by atoms with Crippen molar-refractivity contribution < 1.29 is 28.7 Å². The number of primary amides is 1. The van der Waals surface area contributed by atoms with Crippen LogP contribution < -0.4 is 21.1 Å². The molecule has 0 aliphatic heterocycles. The lowest BCUT2D eigenvalue weighted by atomic mass is 9.97. The first-order valence-corrected chi connectivity index (χ1v) is 13.1. The molecule has 10 heteroatoms. The van der Waals surface area contributed by atoms with Crippen LogP contribution in [-0.4, -0.2) is 53.5 Å². The minimum Gasteiger partial charge on any atom is -0.497 e. The van der Waals surface area contributed by atoms with Gasteiger partial charge >= 0.3 is 6.09 Å². The summed E-state index contributed by atoms with van der Waals surface area (Å²) in [4.78, 5) is 54.0. The Kier molecular flexibility index (Phi) is 11.3. The van der Waals surface area contributed by atoms with Crippen LogP contribution in [0.25, 0.3) is 6.08 Å². The molecule has 4 N–H and O–H groups in total. The molecule has 2 aromatic rings. The van der Waals surface area contributed by atoms with E-state index in [0.29, 0.717) is 23.4 Å². The van der Waals surface area contributed by atoms with Crippen molar-refractivity contribution in [3.05, 3.63) is 66.2 Å². The van der Waals surface area contributed by atoms with Crippen molar-refractivity contribution in [1.82, 2.24) is 10.2 Å². The summed E-state index contributed by atoms with van der Waals surface area (Å²) in [5, 5.41) is 5.36. The Morgan fingerprint density at radius 3 is 2.27 bits per heavy atom. The summed E-state index contributed by atoms with van der Waals surface area (Å²) in [5.74, 6) is -1.33. The number of nitrogens with one attached hydrogen (secondary N) is 2. The highest BCUT2D eigenvalue weighted by atomic mass is 16.6. The van der Waals surface area contributed by atoms with E-state index < -0.39 is 54.0 Å². The predicted molar refractivity (Wildman–Crippen MR) is 154 cm³/mol. The lowest BCUT2D eigenvalue weighted by Crippen LogP contribution is -2.55. The molecule has 4 amide bonds. The molecule has 0 fully saturated rings. The number of carbonyl (C=O) groups is 4.